The van der Waals surface area contributed by atoms with E-state index in [1.54, 1.807) is 0 Å². The van der Waals surface area contributed by atoms with Gasteiger partial charge in [-0.05, 0) is 54.6 Å². The second-order valence-electron chi connectivity index (χ2n) is 8.00. The van der Waals surface area contributed by atoms with Gasteiger partial charge >= 0.3 is 0 Å². The van der Waals surface area contributed by atoms with Crippen LogP contribution in [0.4, 0.5) is 0 Å². The van der Waals surface area contributed by atoms with Crippen molar-refractivity contribution in [2.75, 3.05) is 6.61 Å². The molecule has 1 saturated carbocycles. The summed E-state index contributed by atoms with van der Waals surface area (Å²) < 4.78 is 6.06. The highest BCUT2D eigenvalue weighted by Crippen LogP contribution is 2.47. The Hall–Kier alpha value is -0.860. The molecule has 3 rings (SSSR count). The number of ether oxygens (including phenoxy) is 1. The van der Waals surface area contributed by atoms with Crippen LogP contribution in [0.15, 0.2) is 24.3 Å². The average Bonchev–Trinajstić information content (AvgIpc) is 2.44. The van der Waals surface area contributed by atoms with Crippen molar-refractivity contribution in [1.29, 1.82) is 0 Å². The van der Waals surface area contributed by atoms with Crippen LogP contribution in [-0.4, -0.2) is 12.2 Å². The van der Waals surface area contributed by atoms with Gasteiger partial charge < -0.3 is 10.5 Å². The zero-order valence-electron chi connectivity index (χ0n) is 13.7. The largest absolute Gasteiger partial charge is 0.375 e. The molecule has 0 bridgehead atoms. The predicted molar refractivity (Wildman–Crippen MR) is 87.3 cm³/mol. The van der Waals surface area contributed by atoms with Crippen molar-refractivity contribution in [2.24, 2.45) is 11.7 Å². The lowest BCUT2D eigenvalue weighted by Gasteiger charge is -2.48. The van der Waals surface area contributed by atoms with Crippen LogP contribution in [0.5, 0.6) is 0 Å². The molecular formula is C19H29NO. The molecule has 0 aromatic heterocycles. The Morgan fingerprint density at radius 2 is 1.95 bits per heavy atom. The van der Waals surface area contributed by atoms with Crippen LogP contribution in [0.3, 0.4) is 0 Å². The minimum absolute atomic E-state index is 0.141. The number of benzene rings is 1. The van der Waals surface area contributed by atoms with Gasteiger partial charge in [0.05, 0.1) is 5.60 Å². The summed E-state index contributed by atoms with van der Waals surface area (Å²) in [5, 5.41) is 0. The van der Waals surface area contributed by atoms with Crippen molar-refractivity contribution in [3.05, 3.63) is 35.4 Å². The van der Waals surface area contributed by atoms with Gasteiger partial charge in [-0.25, -0.2) is 0 Å². The van der Waals surface area contributed by atoms with Crippen LogP contribution in [0.25, 0.3) is 0 Å². The Labute approximate surface area is 129 Å². The molecule has 2 N–H and O–H groups in total. The molecule has 2 atom stereocenters. The van der Waals surface area contributed by atoms with Crippen molar-refractivity contribution in [1.82, 2.24) is 0 Å². The molecule has 1 aromatic rings. The zero-order valence-corrected chi connectivity index (χ0v) is 13.7. The van der Waals surface area contributed by atoms with E-state index in [2.05, 4.69) is 45.0 Å². The second kappa shape index (κ2) is 5.40. The molecule has 2 unspecified atom stereocenters. The minimum atomic E-state index is 0.141. The highest BCUT2D eigenvalue weighted by Gasteiger charge is 2.44. The van der Waals surface area contributed by atoms with Crippen molar-refractivity contribution >= 4 is 0 Å². The van der Waals surface area contributed by atoms with Gasteiger partial charge in [0.2, 0.25) is 0 Å². The number of hydrogen-bond acceptors (Lipinski definition) is 2. The van der Waals surface area contributed by atoms with E-state index >= 15 is 0 Å². The molecule has 21 heavy (non-hydrogen) atoms. The van der Waals surface area contributed by atoms with E-state index in [-0.39, 0.29) is 17.1 Å². The fourth-order valence-electron chi connectivity index (χ4n) is 4.02. The van der Waals surface area contributed by atoms with Crippen LogP contribution in [-0.2, 0) is 10.2 Å². The third kappa shape index (κ3) is 2.89. The Morgan fingerprint density at radius 1 is 1.24 bits per heavy atom. The van der Waals surface area contributed by atoms with Gasteiger partial charge in [-0.1, -0.05) is 45.0 Å². The fourth-order valence-corrected chi connectivity index (χ4v) is 4.02. The van der Waals surface area contributed by atoms with E-state index in [9.17, 15) is 0 Å². The quantitative estimate of drug-likeness (QED) is 0.878. The fraction of sp³-hybridized carbons (Fsp3) is 0.684. The summed E-state index contributed by atoms with van der Waals surface area (Å²) in [6, 6.07) is 8.88. The number of rotatable bonds is 2. The van der Waals surface area contributed by atoms with E-state index in [0.717, 1.165) is 19.4 Å². The average molecular weight is 287 g/mol. The van der Waals surface area contributed by atoms with Gasteiger partial charge in [0, 0.05) is 12.6 Å². The summed E-state index contributed by atoms with van der Waals surface area (Å²) in [6.45, 7) is 7.71. The highest BCUT2D eigenvalue weighted by molar-refractivity contribution is 5.35. The molecular weight excluding hydrogens is 258 g/mol. The van der Waals surface area contributed by atoms with Crippen LogP contribution in [0.1, 0.15) is 70.0 Å². The summed E-state index contributed by atoms with van der Waals surface area (Å²) in [5.74, 6) is 0.558. The summed E-state index contributed by atoms with van der Waals surface area (Å²) in [6.07, 6.45) is 6.03. The van der Waals surface area contributed by atoms with Gasteiger partial charge in [0.25, 0.3) is 0 Å². The molecule has 1 saturated heterocycles. The van der Waals surface area contributed by atoms with Crippen LogP contribution >= 0.6 is 0 Å². The first-order valence-corrected chi connectivity index (χ1v) is 8.40. The normalized spacial score (nSPS) is 26.4. The molecule has 116 valence electrons. The maximum atomic E-state index is 6.71. The monoisotopic (exact) mass is 287 g/mol. The second-order valence-corrected chi connectivity index (χ2v) is 8.00. The third-order valence-corrected chi connectivity index (χ3v) is 5.43. The molecule has 0 radical (unpaired) electrons. The standard InChI is InChI=1S/C19H29NO/c1-18(2,3)16-8-5-4-7-15(16)17(20)14-9-12-21-19(13-14)10-6-11-19/h4-5,7-8,14,17H,6,9-13,20H2,1-3H3. The van der Waals surface area contributed by atoms with Gasteiger partial charge in [0.15, 0.2) is 0 Å². The first-order valence-electron chi connectivity index (χ1n) is 8.40. The van der Waals surface area contributed by atoms with Crippen molar-refractivity contribution in [3.63, 3.8) is 0 Å². The molecule has 1 aliphatic heterocycles. The molecule has 2 heteroatoms. The Bertz CT molecular complexity index is 499. The minimum Gasteiger partial charge on any atom is -0.375 e. The smallest absolute Gasteiger partial charge is 0.0686 e. The van der Waals surface area contributed by atoms with Gasteiger partial charge in [0.1, 0.15) is 0 Å². The van der Waals surface area contributed by atoms with Crippen molar-refractivity contribution < 1.29 is 4.74 Å². The SMILES string of the molecule is CC(C)(C)c1ccccc1C(N)C1CCOC2(CCC2)C1. The van der Waals surface area contributed by atoms with Crippen LogP contribution in [0, 0.1) is 5.92 Å². The summed E-state index contributed by atoms with van der Waals surface area (Å²) in [7, 11) is 0. The number of hydrogen-bond donors (Lipinski definition) is 1. The van der Waals surface area contributed by atoms with Gasteiger partial charge in [-0.2, -0.15) is 0 Å². The third-order valence-electron chi connectivity index (χ3n) is 5.43. The van der Waals surface area contributed by atoms with Crippen molar-refractivity contribution in [2.45, 2.75) is 69.9 Å². The van der Waals surface area contributed by atoms with E-state index < -0.39 is 0 Å². The highest BCUT2D eigenvalue weighted by atomic mass is 16.5. The topological polar surface area (TPSA) is 35.2 Å². The molecule has 1 aliphatic carbocycles. The lowest BCUT2D eigenvalue weighted by molar-refractivity contribution is -0.146. The van der Waals surface area contributed by atoms with Gasteiger partial charge in [-0.3, -0.25) is 0 Å². The van der Waals surface area contributed by atoms with Crippen molar-refractivity contribution in [3.8, 4) is 0 Å². The Morgan fingerprint density at radius 3 is 2.57 bits per heavy atom. The predicted octanol–water partition coefficient (Wildman–Crippen LogP) is 4.33. The molecule has 2 aliphatic rings. The van der Waals surface area contributed by atoms with E-state index in [4.69, 9.17) is 10.5 Å². The molecule has 1 aromatic carbocycles. The van der Waals surface area contributed by atoms with Gasteiger partial charge in [-0.15, -0.1) is 0 Å². The summed E-state index contributed by atoms with van der Waals surface area (Å²) >= 11 is 0. The molecule has 1 spiro atoms. The Kier molecular flexibility index (Phi) is 3.87. The number of nitrogens with two attached hydrogens (primary N) is 1. The maximum Gasteiger partial charge on any atom is 0.0686 e. The molecule has 0 amide bonds. The van der Waals surface area contributed by atoms with E-state index in [1.165, 1.54) is 30.4 Å². The summed E-state index contributed by atoms with van der Waals surface area (Å²) in [4.78, 5) is 0. The van der Waals surface area contributed by atoms with Crippen LogP contribution in [0.2, 0.25) is 0 Å². The molecule has 2 fully saturated rings. The molecule has 2 nitrogen and oxygen atoms in total. The Balaban J connectivity index is 1.83. The molecule has 1 heterocycles. The first kappa shape index (κ1) is 15.1. The van der Waals surface area contributed by atoms with E-state index in [0.29, 0.717) is 5.92 Å². The zero-order chi connectivity index (χ0) is 15.1. The van der Waals surface area contributed by atoms with Crippen LogP contribution < -0.4 is 5.73 Å². The first-order chi connectivity index (χ1) is 9.91. The lowest BCUT2D eigenvalue weighted by atomic mass is 9.69. The lowest BCUT2D eigenvalue weighted by Crippen LogP contribution is -2.47. The summed E-state index contributed by atoms with van der Waals surface area (Å²) in [5.41, 5.74) is 9.77. The maximum absolute atomic E-state index is 6.71. The van der Waals surface area contributed by atoms with E-state index in [1.807, 2.05) is 0 Å².